The molecule has 0 heterocycles. The minimum atomic E-state index is 1.10. The van der Waals surface area contributed by atoms with Gasteiger partial charge in [0.05, 0.1) is 0 Å². The van der Waals surface area contributed by atoms with Crippen LogP contribution < -0.4 is 0 Å². The second-order valence-corrected chi connectivity index (χ2v) is 6.84. The van der Waals surface area contributed by atoms with Crippen molar-refractivity contribution in [2.24, 2.45) is 0 Å². The molecule has 0 bridgehead atoms. The Labute approximate surface area is 128 Å². The number of rotatable bonds is 3. The van der Waals surface area contributed by atoms with Gasteiger partial charge in [0.15, 0.2) is 0 Å². The molecule has 2 aromatic carbocycles. The number of halogens is 2. The van der Waals surface area contributed by atoms with Gasteiger partial charge in [-0.2, -0.15) is 0 Å². The molecular formula is C14H12BrIS. The first kappa shape index (κ1) is 13.4. The lowest BCUT2D eigenvalue weighted by Crippen LogP contribution is -1.80. The second-order valence-electron chi connectivity index (χ2n) is 3.68. The fourth-order valence-electron chi connectivity index (χ4n) is 1.47. The molecule has 0 aliphatic carbocycles. The van der Waals surface area contributed by atoms with Crippen LogP contribution in [-0.2, 0) is 6.42 Å². The third-order valence-corrected chi connectivity index (χ3v) is 5.79. The van der Waals surface area contributed by atoms with Crippen molar-refractivity contribution in [2.75, 3.05) is 0 Å². The lowest BCUT2D eigenvalue weighted by molar-refractivity contribution is 1.13. The molecule has 17 heavy (non-hydrogen) atoms. The summed E-state index contributed by atoms with van der Waals surface area (Å²) >= 11 is 7.68. The molecule has 0 unspecified atom stereocenters. The van der Waals surface area contributed by atoms with Crippen molar-refractivity contribution in [2.45, 2.75) is 23.1 Å². The van der Waals surface area contributed by atoms with Crippen molar-refractivity contribution < 1.29 is 0 Å². The van der Waals surface area contributed by atoms with Gasteiger partial charge in [-0.15, -0.1) is 0 Å². The van der Waals surface area contributed by atoms with E-state index >= 15 is 0 Å². The molecule has 0 fully saturated rings. The predicted molar refractivity (Wildman–Crippen MR) is 86.8 cm³/mol. The van der Waals surface area contributed by atoms with Gasteiger partial charge >= 0.3 is 0 Å². The molecule has 0 amide bonds. The van der Waals surface area contributed by atoms with Gasteiger partial charge in [-0.1, -0.05) is 30.8 Å². The van der Waals surface area contributed by atoms with E-state index in [9.17, 15) is 0 Å². The predicted octanol–water partition coefficient (Wildman–Crippen LogP) is 5.77. The third-order valence-electron chi connectivity index (χ3n) is 2.46. The van der Waals surface area contributed by atoms with E-state index in [4.69, 9.17) is 0 Å². The standard InChI is InChI=1S/C14H12BrIS/c1-2-10-3-5-11(6-4-10)17-12-7-8-14(16)13(15)9-12/h3-9H,2H2,1H3. The molecule has 2 rings (SSSR count). The average Bonchev–Trinajstić information content (AvgIpc) is 2.35. The van der Waals surface area contributed by atoms with E-state index in [1.165, 1.54) is 18.9 Å². The molecule has 0 spiro atoms. The van der Waals surface area contributed by atoms with Crippen LogP contribution >= 0.6 is 50.3 Å². The molecule has 0 aromatic heterocycles. The first-order valence-electron chi connectivity index (χ1n) is 5.41. The van der Waals surface area contributed by atoms with Crippen LogP contribution in [0.3, 0.4) is 0 Å². The topological polar surface area (TPSA) is 0 Å². The van der Waals surface area contributed by atoms with E-state index in [2.05, 4.69) is 87.9 Å². The molecule has 0 saturated carbocycles. The van der Waals surface area contributed by atoms with Crippen molar-refractivity contribution in [3.05, 3.63) is 56.1 Å². The molecule has 0 N–H and O–H groups in total. The highest BCUT2D eigenvalue weighted by Gasteiger charge is 2.01. The van der Waals surface area contributed by atoms with E-state index < -0.39 is 0 Å². The van der Waals surface area contributed by atoms with Crippen LogP contribution in [0.4, 0.5) is 0 Å². The summed E-state index contributed by atoms with van der Waals surface area (Å²) in [6.07, 6.45) is 1.10. The van der Waals surface area contributed by atoms with Crippen LogP contribution in [0, 0.1) is 3.57 Å². The normalized spacial score (nSPS) is 10.5. The Morgan fingerprint density at radius 2 is 1.71 bits per heavy atom. The van der Waals surface area contributed by atoms with Gasteiger partial charge in [0, 0.05) is 17.8 Å². The first-order chi connectivity index (χ1) is 8.19. The van der Waals surface area contributed by atoms with Crippen LogP contribution in [0.2, 0.25) is 0 Å². The maximum atomic E-state index is 3.56. The number of hydrogen-bond acceptors (Lipinski definition) is 1. The van der Waals surface area contributed by atoms with E-state index in [1.807, 2.05) is 0 Å². The summed E-state index contributed by atoms with van der Waals surface area (Å²) in [7, 11) is 0. The maximum Gasteiger partial charge on any atom is 0.0320 e. The fraction of sp³-hybridized carbons (Fsp3) is 0.143. The van der Waals surface area contributed by atoms with Crippen molar-refractivity contribution in [1.29, 1.82) is 0 Å². The van der Waals surface area contributed by atoms with Crippen molar-refractivity contribution >= 4 is 50.3 Å². The highest BCUT2D eigenvalue weighted by Crippen LogP contribution is 2.31. The van der Waals surface area contributed by atoms with Crippen LogP contribution in [0.5, 0.6) is 0 Å². The van der Waals surface area contributed by atoms with E-state index in [0.29, 0.717) is 0 Å². The minimum Gasteiger partial charge on any atom is -0.0901 e. The summed E-state index contributed by atoms with van der Waals surface area (Å²) in [6.45, 7) is 2.18. The molecular weight excluding hydrogens is 407 g/mol. The maximum absolute atomic E-state index is 3.56. The summed E-state index contributed by atoms with van der Waals surface area (Å²) in [5, 5.41) is 0. The smallest absolute Gasteiger partial charge is 0.0320 e. The first-order valence-corrected chi connectivity index (χ1v) is 8.09. The summed E-state index contributed by atoms with van der Waals surface area (Å²) in [5.74, 6) is 0. The van der Waals surface area contributed by atoms with Gasteiger partial charge in [0.2, 0.25) is 0 Å². The Balaban J connectivity index is 2.16. The molecule has 0 aliphatic heterocycles. The third kappa shape index (κ3) is 3.73. The summed E-state index contributed by atoms with van der Waals surface area (Å²) in [4.78, 5) is 2.55. The Bertz CT molecular complexity index is 508. The highest BCUT2D eigenvalue weighted by atomic mass is 127. The van der Waals surface area contributed by atoms with Crippen LogP contribution in [-0.4, -0.2) is 0 Å². The number of hydrogen-bond donors (Lipinski definition) is 0. The number of benzene rings is 2. The van der Waals surface area contributed by atoms with Crippen LogP contribution in [0.15, 0.2) is 56.7 Å². The molecule has 2 aromatic rings. The van der Waals surface area contributed by atoms with E-state index in [-0.39, 0.29) is 0 Å². The zero-order valence-electron chi connectivity index (χ0n) is 9.41. The number of aryl methyl sites for hydroxylation is 1. The molecule has 0 radical (unpaired) electrons. The summed E-state index contributed by atoms with van der Waals surface area (Å²) < 4.78 is 2.40. The van der Waals surface area contributed by atoms with Crippen molar-refractivity contribution in [3.8, 4) is 0 Å². The molecule has 3 heteroatoms. The van der Waals surface area contributed by atoms with Gasteiger partial charge in [-0.3, -0.25) is 0 Å². The minimum absolute atomic E-state index is 1.10. The Morgan fingerprint density at radius 1 is 1.06 bits per heavy atom. The zero-order chi connectivity index (χ0) is 12.3. The zero-order valence-corrected chi connectivity index (χ0v) is 14.0. The molecule has 0 aliphatic rings. The lowest BCUT2D eigenvalue weighted by Gasteiger charge is -2.04. The van der Waals surface area contributed by atoms with E-state index in [0.717, 1.165) is 10.9 Å². The molecule has 88 valence electrons. The monoisotopic (exact) mass is 418 g/mol. The Hall–Kier alpha value is -0.000000000000000111. The SMILES string of the molecule is CCc1ccc(Sc2ccc(I)c(Br)c2)cc1. The fourth-order valence-corrected chi connectivity index (χ4v) is 3.19. The second kappa shape index (κ2) is 6.25. The van der Waals surface area contributed by atoms with Crippen molar-refractivity contribution in [3.63, 3.8) is 0 Å². The van der Waals surface area contributed by atoms with Crippen LogP contribution in [0.1, 0.15) is 12.5 Å². The average molecular weight is 419 g/mol. The Kier molecular flexibility index (Phi) is 4.94. The van der Waals surface area contributed by atoms with Gasteiger partial charge in [-0.25, -0.2) is 0 Å². The largest absolute Gasteiger partial charge is 0.0901 e. The Morgan fingerprint density at radius 3 is 2.29 bits per heavy atom. The quantitative estimate of drug-likeness (QED) is 0.570. The van der Waals surface area contributed by atoms with E-state index in [1.54, 1.807) is 11.8 Å². The van der Waals surface area contributed by atoms with Crippen molar-refractivity contribution in [1.82, 2.24) is 0 Å². The van der Waals surface area contributed by atoms with Gasteiger partial charge in [0.1, 0.15) is 0 Å². The van der Waals surface area contributed by atoms with Crippen LogP contribution in [0.25, 0.3) is 0 Å². The summed E-state index contributed by atoms with van der Waals surface area (Å²) in [6, 6.07) is 15.2. The van der Waals surface area contributed by atoms with Gasteiger partial charge in [0.25, 0.3) is 0 Å². The molecule has 0 atom stereocenters. The lowest BCUT2D eigenvalue weighted by atomic mass is 10.2. The summed E-state index contributed by atoms with van der Waals surface area (Å²) in [5.41, 5.74) is 1.39. The highest BCUT2D eigenvalue weighted by molar-refractivity contribution is 14.1. The van der Waals surface area contributed by atoms with Gasteiger partial charge < -0.3 is 0 Å². The van der Waals surface area contributed by atoms with Gasteiger partial charge in [-0.05, 0) is 80.8 Å². The molecule has 0 saturated heterocycles. The molecule has 0 nitrogen and oxygen atoms in total.